The van der Waals surface area contributed by atoms with Crippen LogP contribution in [0.4, 0.5) is 0 Å². The number of hydrogen-bond acceptors (Lipinski definition) is 2. The highest BCUT2D eigenvalue weighted by molar-refractivity contribution is 4.75. The van der Waals surface area contributed by atoms with Crippen molar-refractivity contribution >= 4 is 0 Å². The zero-order valence-corrected chi connectivity index (χ0v) is 6.77. The molecule has 10 heavy (non-hydrogen) atoms. The molecule has 2 heteroatoms. The number of hydrogen-bond donors (Lipinski definition) is 2. The lowest BCUT2D eigenvalue weighted by Crippen LogP contribution is -2.34. The van der Waals surface area contributed by atoms with Crippen LogP contribution in [0.15, 0.2) is 0 Å². The van der Waals surface area contributed by atoms with E-state index >= 15 is 0 Å². The molecule has 0 radical (unpaired) electrons. The molecule has 1 atom stereocenters. The first-order valence-corrected chi connectivity index (χ1v) is 4.33. The lowest BCUT2D eigenvalue weighted by molar-refractivity contribution is 0.454. The maximum absolute atomic E-state index is 5.34. The van der Waals surface area contributed by atoms with Crippen molar-refractivity contribution in [3.05, 3.63) is 0 Å². The van der Waals surface area contributed by atoms with E-state index < -0.39 is 0 Å². The Hall–Kier alpha value is -0.0800. The molecular weight excluding hydrogens is 124 g/mol. The molecule has 2 nitrogen and oxygen atoms in total. The van der Waals surface area contributed by atoms with Crippen molar-refractivity contribution in [2.75, 3.05) is 0 Å². The average molecular weight is 142 g/mol. The maximum atomic E-state index is 5.34. The van der Waals surface area contributed by atoms with Crippen LogP contribution < -0.4 is 11.3 Å². The van der Waals surface area contributed by atoms with Crippen molar-refractivity contribution in [1.82, 2.24) is 5.43 Å². The molecule has 3 N–H and O–H groups in total. The number of rotatable bonds is 5. The first-order chi connectivity index (χ1) is 4.86. The van der Waals surface area contributed by atoms with E-state index in [0.29, 0.717) is 6.04 Å². The molecular formula is C8H18N2. The second-order valence-electron chi connectivity index (χ2n) is 3.29. The molecule has 0 aromatic rings. The van der Waals surface area contributed by atoms with Gasteiger partial charge in [0.25, 0.3) is 0 Å². The molecule has 0 aromatic carbocycles. The Labute approximate surface area is 63.1 Å². The van der Waals surface area contributed by atoms with Crippen LogP contribution in [0.3, 0.4) is 0 Å². The number of nitrogens with one attached hydrogen (secondary N) is 1. The van der Waals surface area contributed by atoms with E-state index in [1.165, 1.54) is 25.7 Å². The summed E-state index contributed by atoms with van der Waals surface area (Å²) in [6, 6.07) is 0.556. The quantitative estimate of drug-likeness (QED) is 0.450. The van der Waals surface area contributed by atoms with Gasteiger partial charge in [-0.1, -0.05) is 19.8 Å². The van der Waals surface area contributed by atoms with E-state index in [0.717, 1.165) is 12.3 Å². The Balaban J connectivity index is 1.97. The summed E-state index contributed by atoms with van der Waals surface area (Å²) in [4.78, 5) is 0. The molecule has 0 amide bonds. The lowest BCUT2D eigenvalue weighted by atomic mass is 10.1. The highest BCUT2D eigenvalue weighted by Gasteiger charge is 2.21. The van der Waals surface area contributed by atoms with Crippen LogP contribution in [0.25, 0.3) is 0 Å². The highest BCUT2D eigenvalue weighted by Crippen LogP contribution is 2.33. The molecule has 1 aliphatic carbocycles. The normalized spacial score (nSPS) is 21.0. The van der Waals surface area contributed by atoms with Crippen molar-refractivity contribution in [2.45, 2.75) is 45.1 Å². The average Bonchev–Trinajstić information content (AvgIpc) is 2.74. The fourth-order valence-corrected chi connectivity index (χ4v) is 1.25. The minimum atomic E-state index is 0.556. The van der Waals surface area contributed by atoms with Crippen LogP contribution in [0.5, 0.6) is 0 Å². The second kappa shape index (κ2) is 3.94. The molecule has 0 saturated heterocycles. The van der Waals surface area contributed by atoms with Crippen LogP contribution in [0, 0.1) is 5.92 Å². The Morgan fingerprint density at radius 3 is 2.70 bits per heavy atom. The van der Waals surface area contributed by atoms with Gasteiger partial charge in [-0.2, -0.15) is 0 Å². The molecule has 0 heterocycles. The van der Waals surface area contributed by atoms with E-state index in [1.54, 1.807) is 0 Å². The van der Waals surface area contributed by atoms with Gasteiger partial charge in [-0.25, -0.2) is 0 Å². The van der Waals surface area contributed by atoms with E-state index in [-0.39, 0.29) is 0 Å². The van der Waals surface area contributed by atoms with Gasteiger partial charge >= 0.3 is 0 Å². The Bertz CT molecular complexity index is 85.3. The highest BCUT2D eigenvalue weighted by atomic mass is 15.2. The van der Waals surface area contributed by atoms with E-state index in [2.05, 4.69) is 12.3 Å². The fraction of sp³-hybridized carbons (Fsp3) is 1.00. The van der Waals surface area contributed by atoms with E-state index in [4.69, 9.17) is 5.84 Å². The first-order valence-electron chi connectivity index (χ1n) is 4.33. The SMILES string of the molecule is CCC(CCC1CC1)NN. The lowest BCUT2D eigenvalue weighted by Gasteiger charge is -2.11. The summed E-state index contributed by atoms with van der Waals surface area (Å²) in [6.45, 7) is 2.18. The third-order valence-corrected chi connectivity index (χ3v) is 2.35. The standard InChI is InChI=1S/C8H18N2/c1-2-8(10-9)6-5-7-3-4-7/h7-8,10H,2-6,9H2,1H3. The molecule has 0 aliphatic heterocycles. The van der Waals surface area contributed by atoms with Gasteiger partial charge in [-0.3, -0.25) is 11.3 Å². The van der Waals surface area contributed by atoms with Crippen molar-refractivity contribution in [2.24, 2.45) is 11.8 Å². The summed E-state index contributed by atoms with van der Waals surface area (Å²) in [5.41, 5.74) is 2.83. The summed E-state index contributed by atoms with van der Waals surface area (Å²) >= 11 is 0. The van der Waals surface area contributed by atoms with Crippen LogP contribution in [-0.4, -0.2) is 6.04 Å². The monoisotopic (exact) mass is 142 g/mol. The smallest absolute Gasteiger partial charge is 0.0208 e. The summed E-state index contributed by atoms with van der Waals surface area (Å²) in [7, 11) is 0. The van der Waals surface area contributed by atoms with Crippen LogP contribution in [0.2, 0.25) is 0 Å². The van der Waals surface area contributed by atoms with E-state index in [1.807, 2.05) is 0 Å². The van der Waals surface area contributed by atoms with Gasteiger partial charge in [0.2, 0.25) is 0 Å². The largest absolute Gasteiger partial charge is 0.271 e. The molecule has 1 rings (SSSR count). The minimum absolute atomic E-state index is 0.556. The maximum Gasteiger partial charge on any atom is 0.0208 e. The van der Waals surface area contributed by atoms with Gasteiger partial charge in [0, 0.05) is 6.04 Å². The molecule has 1 unspecified atom stereocenters. The van der Waals surface area contributed by atoms with Gasteiger partial charge in [0.15, 0.2) is 0 Å². The molecule has 1 saturated carbocycles. The van der Waals surface area contributed by atoms with Gasteiger partial charge in [0.1, 0.15) is 0 Å². The molecule has 1 aliphatic rings. The number of nitrogens with two attached hydrogens (primary N) is 1. The molecule has 60 valence electrons. The Morgan fingerprint density at radius 1 is 1.60 bits per heavy atom. The zero-order valence-electron chi connectivity index (χ0n) is 6.77. The summed E-state index contributed by atoms with van der Waals surface area (Å²) in [5.74, 6) is 6.38. The second-order valence-corrected chi connectivity index (χ2v) is 3.29. The van der Waals surface area contributed by atoms with Crippen LogP contribution in [-0.2, 0) is 0 Å². The molecule has 1 fully saturated rings. The Kier molecular flexibility index (Phi) is 3.16. The van der Waals surface area contributed by atoms with Crippen LogP contribution in [0.1, 0.15) is 39.0 Å². The molecule has 0 bridgehead atoms. The van der Waals surface area contributed by atoms with Crippen molar-refractivity contribution < 1.29 is 0 Å². The third-order valence-electron chi connectivity index (χ3n) is 2.35. The number of hydrazine groups is 1. The van der Waals surface area contributed by atoms with Crippen molar-refractivity contribution in [1.29, 1.82) is 0 Å². The van der Waals surface area contributed by atoms with Gasteiger partial charge < -0.3 is 0 Å². The zero-order chi connectivity index (χ0) is 7.40. The topological polar surface area (TPSA) is 38.0 Å². The summed E-state index contributed by atoms with van der Waals surface area (Å²) in [5, 5.41) is 0. The summed E-state index contributed by atoms with van der Waals surface area (Å²) < 4.78 is 0. The summed E-state index contributed by atoms with van der Waals surface area (Å²) in [6.07, 6.45) is 6.71. The fourth-order valence-electron chi connectivity index (χ4n) is 1.25. The Morgan fingerprint density at radius 2 is 2.30 bits per heavy atom. The first kappa shape index (κ1) is 8.02. The van der Waals surface area contributed by atoms with Crippen LogP contribution >= 0.6 is 0 Å². The molecule has 0 aromatic heterocycles. The van der Waals surface area contributed by atoms with Gasteiger partial charge in [-0.15, -0.1) is 0 Å². The van der Waals surface area contributed by atoms with Crippen molar-refractivity contribution in [3.63, 3.8) is 0 Å². The minimum Gasteiger partial charge on any atom is -0.271 e. The van der Waals surface area contributed by atoms with Gasteiger partial charge in [0.05, 0.1) is 0 Å². The van der Waals surface area contributed by atoms with E-state index in [9.17, 15) is 0 Å². The van der Waals surface area contributed by atoms with Crippen molar-refractivity contribution in [3.8, 4) is 0 Å². The predicted molar refractivity (Wildman–Crippen MR) is 43.4 cm³/mol. The van der Waals surface area contributed by atoms with Gasteiger partial charge in [-0.05, 0) is 25.2 Å². The predicted octanol–water partition coefficient (Wildman–Crippen LogP) is 1.42. The molecule has 0 spiro atoms. The third kappa shape index (κ3) is 2.67.